The number of benzene rings is 2. The van der Waals surface area contributed by atoms with Crippen LogP contribution in [0.25, 0.3) is 0 Å². The van der Waals surface area contributed by atoms with Gasteiger partial charge in [0.25, 0.3) is 10.0 Å². The van der Waals surface area contributed by atoms with E-state index in [2.05, 4.69) is 10.0 Å². The van der Waals surface area contributed by atoms with Gasteiger partial charge in [-0.05, 0) is 56.7 Å². The molecule has 0 unspecified atom stereocenters. The van der Waals surface area contributed by atoms with E-state index in [1.54, 1.807) is 38.1 Å². The van der Waals surface area contributed by atoms with Gasteiger partial charge >= 0.3 is 0 Å². The molecule has 6 nitrogen and oxygen atoms in total. The summed E-state index contributed by atoms with van der Waals surface area (Å²) in [6.07, 6.45) is 0. The van der Waals surface area contributed by atoms with Gasteiger partial charge in [-0.2, -0.15) is 0 Å². The van der Waals surface area contributed by atoms with Crippen LogP contribution in [0, 0.1) is 0 Å². The van der Waals surface area contributed by atoms with Crippen LogP contribution in [0.4, 0.5) is 11.4 Å². The van der Waals surface area contributed by atoms with Gasteiger partial charge < -0.3 is 5.32 Å². The van der Waals surface area contributed by atoms with Crippen LogP contribution in [-0.2, 0) is 20.2 Å². The van der Waals surface area contributed by atoms with E-state index in [1.165, 1.54) is 25.1 Å². The van der Waals surface area contributed by atoms with Gasteiger partial charge in [0.1, 0.15) is 0 Å². The fraction of sp³-hybridized carbons (Fsp3) is 0.222. The molecular weight excluding hydrogens is 340 g/mol. The van der Waals surface area contributed by atoms with Crippen LogP contribution in [0.15, 0.2) is 47.4 Å². The normalized spacial score (nSPS) is 15.4. The monoisotopic (exact) mass is 358 g/mol. The van der Waals surface area contributed by atoms with Gasteiger partial charge in [0, 0.05) is 16.9 Å². The highest BCUT2D eigenvalue weighted by molar-refractivity contribution is 7.92. The largest absolute Gasteiger partial charge is 0.325 e. The summed E-state index contributed by atoms with van der Waals surface area (Å²) >= 11 is 0. The predicted molar refractivity (Wildman–Crippen MR) is 95.4 cm³/mol. The summed E-state index contributed by atoms with van der Waals surface area (Å²) in [5, 5.41) is 2.74. The molecule has 0 radical (unpaired) electrons. The molecule has 2 N–H and O–H groups in total. The molecule has 1 aliphatic heterocycles. The molecule has 1 heterocycles. The summed E-state index contributed by atoms with van der Waals surface area (Å²) in [7, 11) is -3.85. The third kappa shape index (κ3) is 3.02. The maximum Gasteiger partial charge on any atom is 0.261 e. The van der Waals surface area contributed by atoms with Gasteiger partial charge in [0.05, 0.1) is 10.3 Å². The summed E-state index contributed by atoms with van der Waals surface area (Å²) in [5.41, 5.74) is 1.19. The Labute approximate surface area is 146 Å². The average Bonchev–Trinajstić information content (AvgIpc) is 2.76. The Hall–Kier alpha value is -2.67. The number of rotatable bonds is 4. The minimum atomic E-state index is -3.85. The maximum atomic E-state index is 12.7. The van der Waals surface area contributed by atoms with Crippen molar-refractivity contribution in [3.63, 3.8) is 0 Å². The van der Waals surface area contributed by atoms with Gasteiger partial charge in [-0.3, -0.25) is 14.3 Å². The average molecular weight is 358 g/mol. The number of carbonyl (C=O) groups excluding carboxylic acids is 2. The molecule has 130 valence electrons. The Morgan fingerprint density at radius 2 is 1.84 bits per heavy atom. The zero-order valence-electron chi connectivity index (χ0n) is 14.1. The van der Waals surface area contributed by atoms with Gasteiger partial charge in [-0.25, -0.2) is 8.42 Å². The molecule has 0 fully saturated rings. The number of anilines is 2. The second kappa shape index (κ2) is 5.70. The predicted octanol–water partition coefficient (Wildman–Crippen LogP) is 2.92. The minimum absolute atomic E-state index is 0.0593. The molecule has 0 atom stereocenters. The first-order chi connectivity index (χ1) is 11.6. The minimum Gasteiger partial charge on any atom is -0.325 e. The number of hydrogen-bond acceptors (Lipinski definition) is 4. The molecule has 1 amide bonds. The molecule has 0 spiro atoms. The molecule has 0 saturated carbocycles. The first-order valence-electron chi connectivity index (χ1n) is 7.71. The van der Waals surface area contributed by atoms with E-state index in [-0.39, 0.29) is 16.6 Å². The number of sulfonamides is 1. The standard InChI is InChI=1S/C18H18N2O4S/c1-11(21)12-5-4-6-13(9-12)20-25(23,24)14-7-8-16-15(10-14)18(2,3)17(22)19-16/h4-10,20H,1-3H3,(H,19,22). The molecule has 0 aromatic heterocycles. The van der Waals surface area contributed by atoms with Crippen LogP contribution >= 0.6 is 0 Å². The number of carbonyl (C=O) groups is 2. The van der Waals surface area contributed by atoms with Crippen LogP contribution < -0.4 is 10.0 Å². The van der Waals surface area contributed by atoms with Crippen LogP contribution in [0.2, 0.25) is 0 Å². The van der Waals surface area contributed by atoms with Crippen molar-refractivity contribution < 1.29 is 18.0 Å². The number of fused-ring (bicyclic) bond motifs is 1. The Bertz CT molecular complexity index is 994. The third-order valence-corrected chi connectivity index (χ3v) is 5.69. The lowest BCUT2D eigenvalue weighted by Crippen LogP contribution is -2.27. The van der Waals surface area contributed by atoms with E-state index in [0.29, 0.717) is 22.5 Å². The Balaban J connectivity index is 1.97. The molecular formula is C18H18N2O4S. The quantitative estimate of drug-likeness (QED) is 0.822. The second-order valence-corrected chi connectivity index (χ2v) is 8.21. The van der Waals surface area contributed by atoms with E-state index in [0.717, 1.165) is 0 Å². The third-order valence-electron chi connectivity index (χ3n) is 4.31. The molecule has 0 bridgehead atoms. The number of nitrogens with one attached hydrogen (secondary N) is 2. The van der Waals surface area contributed by atoms with E-state index >= 15 is 0 Å². The van der Waals surface area contributed by atoms with E-state index in [4.69, 9.17) is 0 Å². The van der Waals surface area contributed by atoms with Crippen molar-refractivity contribution >= 4 is 33.1 Å². The zero-order valence-corrected chi connectivity index (χ0v) is 14.9. The first-order valence-corrected chi connectivity index (χ1v) is 9.19. The number of amides is 1. The Kier molecular flexibility index (Phi) is 3.91. The molecule has 0 aliphatic carbocycles. The van der Waals surface area contributed by atoms with Crippen molar-refractivity contribution in [2.45, 2.75) is 31.1 Å². The number of hydrogen-bond donors (Lipinski definition) is 2. The Morgan fingerprint density at radius 3 is 2.52 bits per heavy atom. The van der Waals surface area contributed by atoms with E-state index in [1.807, 2.05) is 0 Å². The van der Waals surface area contributed by atoms with Gasteiger partial charge in [-0.1, -0.05) is 12.1 Å². The first kappa shape index (κ1) is 17.2. The highest BCUT2D eigenvalue weighted by atomic mass is 32.2. The van der Waals surface area contributed by atoms with Crippen LogP contribution in [0.1, 0.15) is 36.7 Å². The lowest BCUT2D eigenvalue weighted by molar-refractivity contribution is -0.119. The van der Waals surface area contributed by atoms with Crippen LogP contribution in [0.3, 0.4) is 0 Å². The topological polar surface area (TPSA) is 92.3 Å². The lowest BCUT2D eigenvalue weighted by Gasteiger charge is -2.16. The van der Waals surface area contributed by atoms with E-state index in [9.17, 15) is 18.0 Å². The fourth-order valence-corrected chi connectivity index (χ4v) is 3.81. The summed E-state index contributed by atoms with van der Waals surface area (Å²) in [6.45, 7) is 4.91. The van der Waals surface area contributed by atoms with E-state index < -0.39 is 15.4 Å². The van der Waals surface area contributed by atoms with Crippen molar-refractivity contribution in [1.29, 1.82) is 0 Å². The van der Waals surface area contributed by atoms with Gasteiger partial charge in [0.2, 0.25) is 5.91 Å². The van der Waals surface area contributed by atoms with Crippen LogP contribution in [-0.4, -0.2) is 20.1 Å². The molecule has 0 saturated heterocycles. The molecule has 2 aromatic carbocycles. The highest BCUT2D eigenvalue weighted by Crippen LogP contribution is 2.38. The lowest BCUT2D eigenvalue weighted by atomic mass is 9.86. The second-order valence-electron chi connectivity index (χ2n) is 6.53. The summed E-state index contributed by atoms with van der Waals surface area (Å²) in [6, 6.07) is 10.8. The van der Waals surface area contributed by atoms with Crippen LogP contribution in [0.5, 0.6) is 0 Å². The smallest absolute Gasteiger partial charge is 0.261 e. The molecule has 2 aromatic rings. The molecule has 1 aliphatic rings. The highest BCUT2D eigenvalue weighted by Gasteiger charge is 2.39. The van der Waals surface area contributed by atoms with Crippen molar-refractivity contribution in [1.82, 2.24) is 0 Å². The fourth-order valence-electron chi connectivity index (χ4n) is 2.73. The molecule has 25 heavy (non-hydrogen) atoms. The summed E-state index contributed by atoms with van der Waals surface area (Å²) in [5.74, 6) is -0.316. The van der Waals surface area contributed by atoms with Gasteiger partial charge in [0.15, 0.2) is 5.78 Å². The van der Waals surface area contributed by atoms with Crippen molar-refractivity contribution in [3.05, 3.63) is 53.6 Å². The number of Topliss-reactive ketones (excluding diaryl/α,β-unsaturated/α-hetero) is 1. The van der Waals surface area contributed by atoms with Crippen molar-refractivity contribution in [2.75, 3.05) is 10.0 Å². The summed E-state index contributed by atoms with van der Waals surface area (Å²) < 4.78 is 27.8. The van der Waals surface area contributed by atoms with Crippen molar-refractivity contribution in [2.24, 2.45) is 0 Å². The summed E-state index contributed by atoms with van der Waals surface area (Å²) in [4.78, 5) is 23.5. The van der Waals surface area contributed by atoms with Crippen molar-refractivity contribution in [3.8, 4) is 0 Å². The Morgan fingerprint density at radius 1 is 1.12 bits per heavy atom. The molecule has 7 heteroatoms. The molecule has 3 rings (SSSR count). The maximum absolute atomic E-state index is 12.7. The number of ketones is 1. The SMILES string of the molecule is CC(=O)c1cccc(NS(=O)(=O)c2ccc3c(c2)C(C)(C)C(=O)N3)c1. The van der Waals surface area contributed by atoms with Gasteiger partial charge in [-0.15, -0.1) is 0 Å². The zero-order chi connectivity index (χ0) is 18.4.